The Labute approximate surface area is 273 Å². The van der Waals surface area contributed by atoms with Crippen LogP contribution in [0.3, 0.4) is 0 Å². The fourth-order valence-corrected chi connectivity index (χ4v) is 8.45. The number of amides is 3. The number of imide groups is 1. The Balaban J connectivity index is 1.25. The van der Waals surface area contributed by atoms with Gasteiger partial charge < -0.3 is 19.8 Å². The van der Waals surface area contributed by atoms with E-state index >= 15 is 0 Å². The molecule has 3 aromatic carbocycles. The van der Waals surface area contributed by atoms with Crippen molar-refractivity contribution < 1.29 is 37.2 Å². The number of thioether (sulfide) groups is 1. The van der Waals surface area contributed by atoms with Crippen LogP contribution in [0.4, 0.5) is 17.1 Å². The zero-order valence-corrected chi connectivity index (χ0v) is 26.5. The first kappa shape index (κ1) is 31.9. The highest BCUT2D eigenvalue weighted by atomic mass is 32.2. The molecule has 3 heterocycles. The van der Waals surface area contributed by atoms with Crippen LogP contribution >= 0.6 is 23.1 Å². The number of aromatic amines is 1. The third-order valence-corrected chi connectivity index (χ3v) is 10.8. The number of non-ortho nitro benzene ring substituents is 1. The Kier molecular flexibility index (Phi) is 8.35. The molecule has 0 spiro atoms. The van der Waals surface area contributed by atoms with Gasteiger partial charge in [0.1, 0.15) is 5.25 Å². The van der Waals surface area contributed by atoms with Crippen LogP contribution < -0.4 is 29.7 Å². The second-order valence-electron chi connectivity index (χ2n) is 10.4. The second-order valence-corrected chi connectivity index (χ2v) is 14.1. The lowest BCUT2D eigenvalue weighted by Crippen LogP contribution is -2.32. The number of sulfonamides is 1. The largest absolute Gasteiger partial charge is 0.493 e. The van der Waals surface area contributed by atoms with E-state index in [1.165, 1.54) is 55.6 Å². The number of nitrogens with one attached hydrogen (secondary N) is 2. The number of nitro benzene ring substituents is 1. The van der Waals surface area contributed by atoms with E-state index in [1.54, 1.807) is 18.2 Å². The zero-order chi connectivity index (χ0) is 33.6. The summed E-state index contributed by atoms with van der Waals surface area (Å²) in [6, 6.07) is 15.2. The molecular formula is C29H23N5O10S3. The number of hydrogen-bond acceptors (Lipinski definition) is 12. The van der Waals surface area contributed by atoms with Crippen molar-refractivity contribution in [2.45, 2.75) is 21.1 Å². The number of ether oxygens (including phenoxy) is 2. The summed E-state index contributed by atoms with van der Waals surface area (Å²) in [6.07, 6.45) is 0. The highest BCUT2D eigenvalue weighted by Gasteiger charge is 2.56. The number of aromatic nitrogens is 1. The molecule has 0 aliphatic carbocycles. The Bertz CT molecular complexity index is 2100. The van der Waals surface area contributed by atoms with Gasteiger partial charge in [0, 0.05) is 28.6 Å². The first-order chi connectivity index (χ1) is 22.3. The highest BCUT2D eigenvalue weighted by Crippen LogP contribution is 2.53. The van der Waals surface area contributed by atoms with Crippen molar-refractivity contribution in [3.05, 3.63) is 97.0 Å². The predicted octanol–water partition coefficient (Wildman–Crippen LogP) is 2.81. The minimum absolute atomic E-state index is 0.110. The van der Waals surface area contributed by atoms with Gasteiger partial charge in [0.05, 0.1) is 33.6 Å². The molecule has 2 aliphatic heterocycles. The van der Waals surface area contributed by atoms with Crippen LogP contribution in [0.2, 0.25) is 0 Å². The van der Waals surface area contributed by atoms with Gasteiger partial charge in [0.15, 0.2) is 18.1 Å². The van der Waals surface area contributed by atoms with Crippen molar-refractivity contribution in [2.75, 3.05) is 23.9 Å². The van der Waals surface area contributed by atoms with Crippen LogP contribution in [-0.4, -0.2) is 55.0 Å². The number of nitro groups is 1. The quantitative estimate of drug-likeness (QED) is 0.131. The third kappa shape index (κ3) is 6.10. The first-order valence-electron chi connectivity index (χ1n) is 13.6. The molecule has 1 saturated heterocycles. The van der Waals surface area contributed by atoms with Crippen molar-refractivity contribution in [1.82, 2.24) is 4.98 Å². The molecule has 0 bridgehead atoms. The smallest absolute Gasteiger partial charge is 0.305 e. The van der Waals surface area contributed by atoms with Gasteiger partial charge in [-0.2, -0.15) is 0 Å². The number of fused-ring (bicyclic) bond motifs is 2. The van der Waals surface area contributed by atoms with Gasteiger partial charge in [0.25, 0.3) is 11.6 Å². The molecule has 3 unspecified atom stereocenters. The molecule has 1 fully saturated rings. The fourth-order valence-electron chi connectivity index (χ4n) is 5.42. The maximum Gasteiger partial charge on any atom is 0.305 e. The summed E-state index contributed by atoms with van der Waals surface area (Å²) in [5.41, 5.74) is 0.865. The second kappa shape index (κ2) is 12.3. The molecule has 3 atom stereocenters. The van der Waals surface area contributed by atoms with E-state index in [1.807, 2.05) is 0 Å². The lowest BCUT2D eigenvalue weighted by Gasteiger charge is -2.30. The number of nitrogens with two attached hydrogens (primary N) is 1. The SMILES string of the molecule is COc1cc(C2c3sc(=O)[nH]c3SC3C(=O)N(c4ccc([N+](=O)[O-])cc4)C(=O)C32)ccc1OCC(=O)Nc1ccc(S(N)(=O)=O)cc1. The number of primary sulfonamides is 1. The maximum atomic E-state index is 13.9. The van der Waals surface area contributed by atoms with Crippen LogP contribution in [0, 0.1) is 16.0 Å². The van der Waals surface area contributed by atoms with Gasteiger partial charge in [-0.1, -0.05) is 29.2 Å². The lowest BCUT2D eigenvalue weighted by molar-refractivity contribution is -0.384. The summed E-state index contributed by atoms with van der Waals surface area (Å²) in [4.78, 5) is 66.9. The fraction of sp³-hybridized carbons (Fsp3) is 0.172. The summed E-state index contributed by atoms with van der Waals surface area (Å²) < 4.78 is 34.1. The summed E-state index contributed by atoms with van der Waals surface area (Å²) in [5.74, 6) is -2.81. The monoisotopic (exact) mass is 697 g/mol. The molecule has 6 rings (SSSR count). The van der Waals surface area contributed by atoms with Crippen molar-refractivity contribution in [3.8, 4) is 11.5 Å². The van der Waals surface area contributed by atoms with Crippen LogP contribution in [0.1, 0.15) is 16.4 Å². The van der Waals surface area contributed by atoms with Gasteiger partial charge in [0.2, 0.25) is 21.8 Å². The van der Waals surface area contributed by atoms with E-state index < -0.39 is 56.4 Å². The Morgan fingerprint density at radius 3 is 2.38 bits per heavy atom. The lowest BCUT2D eigenvalue weighted by atomic mass is 9.83. The summed E-state index contributed by atoms with van der Waals surface area (Å²) in [6.45, 7) is -0.432. The summed E-state index contributed by atoms with van der Waals surface area (Å²) in [7, 11) is -2.50. The molecule has 4 N–H and O–H groups in total. The molecule has 4 aromatic rings. The molecule has 242 valence electrons. The van der Waals surface area contributed by atoms with Gasteiger partial charge in [-0.3, -0.25) is 29.3 Å². The van der Waals surface area contributed by atoms with E-state index in [9.17, 15) is 37.7 Å². The number of rotatable bonds is 9. The topological polar surface area (TPSA) is 221 Å². The molecule has 1 aromatic heterocycles. The van der Waals surface area contributed by atoms with Crippen LogP contribution in [0.25, 0.3) is 0 Å². The van der Waals surface area contributed by atoms with E-state index in [2.05, 4.69) is 10.3 Å². The number of carbonyl (C=O) groups excluding carboxylic acids is 3. The molecule has 0 saturated carbocycles. The van der Waals surface area contributed by atoms with Crippen molar-refractivity contribution in [3.63, 3.8) is 0 Å². The number of methoxy groups -OCH3 is 1. The first-order valence-corrected chi connectivity index (χ1v) is 16.9. The number of H-pyrrole nitrogens is 1. The number of thiazole rings is 1. The number of anilines is 2. The minimum atomic E-state index is -3.89. The van der Waals surface area contributed by atoms with Gasteiger partial charge in [-0.15, -0.1) is 0 Å². The Morgan fingerprint density at radius 2 is 1.74 bits per heavy atom. The molecule has 47 heavy (non-hydrogen) atoms. The van der Waals surface area contributed by atoms with E-state index in [-0.39, 0.29) is 32.6 Å². The third-order valence-electron chi connectivity index (χ3n) is 7.51. The predicted molar refractivity (Wildman–Crippen MR) is 170 cm³/mol. The number of benzene rings is 3. The van der Waals surface area contributed by atoms with Crippen molar-refractivity contribution in [2.24, 2.45) is 11.1 Å². The number of carbonyl (C=O) groups is 3. The van der Waals surface area contributed by atoms with Crippen LogP contribution in [0.15, 0.2) is 81.4 Å². The number of hydrogen-bond donors (Lipinski definition) is 3. The van der Waals surface area contributed by atoms with Gasteiger partial charge in [-0.05, 0) is 54.1 Å². The Hall–Kier alpha value is -5.04. The van der Waals surface area contributed by atoms with Crippen molar-refractivity contribution in [1.29, 1.82) is 0 Å². The van der Waals surface area contributed by atoms with Gasteiger partial charge in [-0.25, -0.2) is 18.5 Å². The summed E-state index contributed by atoms with van der Waals surface area (Å²) >= 11 is 2.02. The van der Waals surface area contributed by atoms with Crippen molar-refractivity contribution >= 4 is 67.9 Å². The normalized spacial score (nSPS) is 18.8. The standard InChI is InChI=1S/C29H23N5O10S3/c1-43-20-12-14(2-11-19(20)44-13-21(35)31-15-3-9-18(10-4-15)47(30,41)42)22-23-25(45-26-24(22)46-29(38)32-26)28(37)33(27(23)36)16-5-7-17(8-6-16)34(39)40/h2-12,22-23,25H,13H2,1H3,(H,31,35)(H,32,38)(H2,30,41,42). The van der Waals surface area contributed by atoms with E-state index in [0.717, 1.165) is 28.0 Å². The Morgan fingerprint density at radius 1 is 1.04 bits per heavy atom. The molecule has 2 aliphatic rings. The minimum Gasteiger partial charge on any atom is -0.493 e. The maximum absolute atomic E-state index is 13.9. The van der Waals surface area contributed by atoms with Crippen LogP contribution in [-0.2, 0) is 24.4 Å². The summed E-state index contributed by atoms with van der Waals surface area (Å²) in [5, 5.41) is 18.4. The van der Waals surface area contributed by atoms with Crippen LogP contribution in [0.5, 0.6) is 11.5 Å². The number of nitrogens with zero attached hydrogens (tertiary/aromatic N) is 2. The molecular weight excluding hydrogens is 675 g/mol. The van der Waals surface area contributed by atoms with E-state index in [0.29, 0.717) is 21.2 Å². The van der Waals surface area contributed by atoms with Gasteiger partial charge >= 0.3 is 4.87 Å². The zero-order valence-electron chi connectivity index (χ0n) is 24.1. The average Bonchev–Trinajstić information content (AvgIpc) is 3.53. The molecule has 0 radical (unpaired) electrons. The highest BCUT2D eigenvalue weighted by molar-refractivity contribution is 8.00. The molecule has 3 amide bonds. The molecule has 15 nitrogen and oxygen atoms in total. The average molecular weight is 698 g/mol. The molecule has 18 heteroatoms. The van der Waals surface area contributed by atoms with E-state index in [4.69, 9.17) is 14.6 Å².